The first-order chi connectivity index (χ1) is 10.0. The van der Waals surface area contributed by atoms with E-state index < -0.39 is 0 Å². The predicted octanol–water partition coefficient (Wildman–Crippen LogP) is 4.22. The standard InChI is InChI=1S/C17H21N3S/c1-4-16-19-13-10-12(18)7-8-14(13)20(16)11-17(2,3)15-6-5-9-21-15/h5-10H,4,11,18H2,1-3H3. The molecule has 0 aliphatic heterocycles. The number of nitrogens with two attached hydrogens (primary N) is 1. The number of nitrogens with zero attached hydrogens (tertiary/aromatic N) is 2. The highest BCUT2D eigenvalue weighted by Gasteiger charge is 2.24. The van der Waals surface area contributed by atoms with Gasteiger partial charge in [-0.15, -0.1) is 11.3 Å². The maximum absolute atomic E-state index is 5.88. The molecule has 0 saturated heterocycles. The summed E-state index contributed by atoms with van der Waals surface area (Å²) in [6, 6.07) is 10.3. The van der Waals surface area contributed by atoms with Gasteiger partial charge < -0.3 is 10.3 Å². The minimum absolute atomic E-state index is 0.0904. The van der Waals surface area contributed by atoms with E-state index in [-0.39, 0.29) is 5.41 Å². The second-order valence-corrected chi connectivity index (χ2v) is 7.02. The number of anilines is 1. The third-order valence-corrected chi connectivity index (χ3v) is 5.14. The lowest BCUT2D eigenvalue weighted by atomic mass is 9.91. The number of aryl methyl sites for hydroxylation is 1. The van der Waals surface area contributed by atoms with Gasteiger partial charge in [0.25, 0.3) is 0 Å². The molecule has 0 atom stereocenters. The molecule has 2 N–H and O–H groups in total. The molecule has 110 valence electrons. The van der Waals surface area contributed by atoms with Crippen LogP contribution >= 0.6 is 11.3 Å². The summed E-state index contributed by atoms with van der Waals surface area (Å²) in [6.07, 6.45) is 0.926. The van der Waals surface area contributed by atoms with Gasteiger partial charge in [0.05, 0.1) is 11.0 Å². The van der Waals surface area contributed by atoms with Gasteiger partial charge in [0, 0.05) is 28.9 Å². The number of aromatic nitrogens is 2. The lowest BCUT2D eigenvalue weighted by molar-refractivity contribution is 0.441. The minimum atomic E-state index is 0.0904. The number of rotatable bonds is 4. The van der Waals surface area contributed by atoms with Crippen LogP contribution in [0.2, 0.25) is 0 Å². The molecule has 0 aliphatic rings. The Labute approximate surface area is 129 Å². The van der Waals surface area contributed by atoms with E-state index in [0.717, 1.165) is 30.0 Å². The molecular weight excluding hydrogens is 278 g/mol. The third-order valence-electron chi connectivity index (χ3n) is 3.91. The Morgan fingerprint density at radius 3 is 2.76 bits per heavy atom. The molecule has 1 aromatic carbocycles. The van der Waals surface area contributed by atoms with Crippen LogP contribution in [0.4, 0.5) is 5.69 Å². The summed E-state index contributed by atoms with van der Waals surface area (Å²) in [4.78, 5) is 6.15. The average Bonchev–Trinajstić information content (AvgIpc) is 3.06. The highest BCUT2D eigenvalue weighted by atomic mass is 32.1. The Balaban J connectivity index is 2.07. The van der Waals surface area contributed by atoms with E-state index in [1.54, 1.807) is 0 Å². The monoisotopic (exact) mass is 299 g/mol. The van der Waals surface area contributed by atoms with Crippen LogP contribution in [-0.2, 0) is 18.4 Å². The Bertz CT molecular complexity index is 754. The fraction of sp³-hybridized carbons (Fsp3) is 0.353. The van der Waals surface area contributed by atoms with Crippen molar-refractivity contribution < 1.29 is 0 Å². The van der Waals surface area contributed by atoms with Crippen molar-refractivity contribution in [2.45, 2.75) is 39.2 Å². The zero-order chi connectivity index (χ0) is 15.0. The van der Waals surface area contributed by atoms with Crippen molar-refractivity contribution >= 4 is 28.1 Å². The van der Waals surface area contributed by atoms with E-state index in [2.05, 4.69) is 48.9 Å². The molecule has 4 heteroatoms. The van der Waals surface area contributed by atoms with Gasteiger partial charge in [0.15, 0.2) is 0 Å². The maximum atomic E-state index is 5.88. The minimum Gasteiger partial charge on any atom is -0.399 e. The smallest absolute Gasteiger partial charge is 0.109 e. The molecule has 0 radical (unpaired) electrons. The largest absolute Gasteiger partial charge is 0.399 e. The van der Waals surface area contributed by atoms with Crippen LogP contribution in [0.25, 0.3) is 11.0 Å². The van der Waals surface area contributed by atoms with Crippen molar-refractivity contribution in [1.82, 2.24) is 9.55 Å². The molecule has 3 rings (SSSR count). The van der Waals surface area contributed by atoms with Gasteiger partial charge in [0.1, 0.15) is 5.82 Å². The van der Waals surface area contributed by atoms with Crippen LogP contribution in [0.15, 0.2) is 35.7 Å². The number of thiophene rings is 1. The van der Waals surface area contributed by atoms with E-state index in [4.69, 9.17) is 10.7 Å². The first kappa shape index (κ1) is 14.1. The van der Waals surface area contributed by atoms with Crippen LogP contribution in [0.5, 0.6) is 0 Å². The number of imidazole rings is 1. The Kier molecular flexibility index (Phi) is 3.49. The quantitative estimate of drug-likeness (QED) is 0.733. The van der Waals surface area contributed by atoms with Crippen LogP contribution in [0.3, 0.4) is 0 Å². The molecule has 0 fully saturated rings. The second kappa shape index (κ2) is 5.19. The van der Waals surface area contributed by atoms with Crippen LogP contribution in [0, 0.1) is 0 Å². The van der Waals surface area contributed by atoms with Crippen LogP contribution in [0.1, 0.15) is 31.5 Å². The number of benzene rings is 1. The summed E-state index contributed by atoms with van der Waals surface area (Å²) in [7, 11) is 0. The molecule has 0 amide bonds. The molecule has 2 heterocycles. The third kappa shape index (κ3) is 2.56. The fourth-order valence-electron chi connectivity index (χ4n) is 2.78. The van der Waals surface area contributed by atoms with Gasteiger partial charge in [-0.25, -0.2) is 4.98 Å². The summed E-state index contributed by atoms with van der Waals surface area (Å²) in [5.74, 6) is 1.13. The first-order valence-electron chi connectivity index (χ1n) is 7.30. The number of fused-ring (bicyclic) bond motifs is 1. The van der Waals surface area contributed by atoms with Crippen molar-refractivity contribution in [2.24, 2.45) is 0 Å². The van der Waals surface area contributed by atoms with E-state index in [0.29, 0.717) is 0 Å². The Morgan fingerprint density at radius 1 is 1.29 bits per heavy atom. The van der Waals surface area contributed by atoms with Crippen molar-refractivity contribution in [1.29, 1.82) is 0 Å². The zero-order valence-corrected chi connectivity index (χ0v) is 13.6. The molecule has 3 aromatic rings. The van der Waals surface area contributed by atoms with Crippen molar-refractivity contribution in [3.63, 3.8) is 0 Å². The van der Waals surface area contributed by atoms with Crippen molar-refractivity contribution in [3.8, 4) is 0 Å². The summed E-state index contributed by atoms with van der Waals surface area (Å²) in [5, 5.41) is 2.14. The average molecular weight is 299 g/mol. The lowest BCUT2D eigenvalue weighted by Crippen LogP contribution is -2.24. The zero-order valence-electron chi connectivity index (χ0n) is 12.8. The number of hydrogen-bond acceptors (Lipinski definition) is 3. The molecule has 0 aliphatic carbocycles. The van der Waals surface area contributed by atoms with E-state index in [1.165, 1.54) is 10.4 Å². The predicted molar refractivity (Wildman–Crippen MR) is 90.9 cm³/mol. The molecule has 21 heavy (non-hydrogen) atoms. The molecule has 0 saturated carbocycles. The summed E-state index contributed by atoms with van der Waals surface area (Å²) in [6.45, 7) is 7.67. The molecule has 0 spiro atoms. The normalized spacial score (nSPS) is 12.1. The van der Waals surface area contributed by atoms with Crippen LogP contribution in [-0.4, -0.2) is 9.55 Å². The van der Waals surface area contributed by atoms with Gasteiger partial charge in [-0.2, -0.15) is 0 Å². The van der Waals surface area contributed by atoms with Crippen LogP contribution < -0.4 is 5.73 Å². The maximum Gasteiger partial charge on any atom is 0.109 e. The highest BCUT2D eigenvalue weighted by molar-refractivity contribution is 7.10. The summed E-state index contributed by atoms with van der Waals surface area (Å²) >= 11 is 1.82. The number of hydrogen-bond donors (Lipinski definition) is 1. The van der Waals surface area contributed by atoms with E-state index in [1.807, 2.05) is 23.5 Å². The topological polar surface area (TPSA) is 43.8 Å². The summed E-state index contributed by atoms with van der Waals surface area (Å²) in [5.41, 5.74) is 8.91. The van der Waals surface area contributed by atoms with Gasteiger partial charge in [-0.05, 0) is 29.6 Å². The Hall–Kier alpha value is -1.81. The molecule has 2 aromatic heterocycles. The van der Waals surface area contributed by atoms with Gasteiger partial charge >= 0.3 is 0 Å². The molecule has 0 bridgehead atoms. The first-order valence-corrected chi connectivity index (χ1v) is 8.18. The molecular formula is C17H21N3S. The fourth-order valence-corrected chi connectivity index (χ4v) is 3.62. The Morgan fingerprint density at radius 2 is 2.10 bits per heavy atom. The van der Waals surface area contributed by atoms with Crippen molar-refractivity contribution in [3.05, 3.63) is 46.4 Å². The van der Waals surface area contributed by atoms with Gasteiger partial charge in [-0.3, -0.25) is 0 Å². The highest BCUT2D eigenvalue weighted by Crippen LogP contribution is 2.31. The van der Waals surface area contributed by atoms with Crippen molar-refractivity contribution in [2.75, 3.05) is 5.73 Å². The molecule has 0 unspecified atom stereocenters. The summed E-state index contributed by atoms with van der Waals surface area (Å²) < 4.78 is 2.34. The second-order valence-electron chi connectivity index (χ2n) is 6.08. The van der Waals surface area contributed by atoms with E-state index in [9.17, 15) is 0 Å². The van der Waals surface area contributed by atoms with E-state index >= 15 is 0 Å². The number of nitrogen functional groups attached to an aromatic ring is 1. The SMILES string of the molecule is CCc1nc2cc(N)ccc2n1CC(C)(C)c1cccs1. The molecule has 3 nitrogen and oxygen atoms in total. The van der Waals surface area contributed by atoms with Gasteiger partial charge in [-0.1, -0.05) is 26.8 Å². The lowest BCUT2D eigenvalue weighted by Gasteiger charge is -2.25. The van der Waals surface area contributed by atoms with Gasteiger partial charge in [0.2, 0.25) is 0 Å².